The third-order valence-electron chi connectivity index (χ3n) is 1.91. The lowest BCUT2D eigenvalue weighted by atomic mass is 10.1. The summed E-state index contributed by atoms with van der Waals surface area (Å²) in [4.78, 5) is 23.9. The first-order valence-corrected chi connectivity index (χ1v) is 4.09. The van der Waals surface area contributed by atoms with E-state index in [4.69, 9.17) is 5.73 Å². The number of anilines is 1. The molecular weight excluding hydrogens is 198 g/mol. The number of rotatable bonds is 3. The van der Waals surface area contributed by atoms with E-state index in [2.05, 4.69) is 4.98 Å². The number of allylic oxidation sites excluding steroid dienone is 1. The molecule has 1 rings (SSSR count). The van der Waals surface area contributed by atoms with Crippen LogP contribution >= 0.6 is 0 Å². The molecule has 6 nitrogen and oxygen atoms in total. The predicted octanol–water partition coefficient (Wildman–Crippen LogP) is 1.09. The van der Waals surface area contributed by atoms with Gasteiger partial charge >= 0.3 is 5.69 Å². The molecule has 1 aromatic rings. The molecule has 0 spiro atoms. The largest absolute Gasteiger partial charge is 0.378 e. The lowest BCUT2D eigenvalue weighted by Gasteiger charge is -2.02. The van der Waals surface area contributed by atoms with Crippen molar-refractivity contribution in [2.75, 3.05) is 5.73 Å². The Morgan fingerprint density at radius 2 is 2.27 bits per heavy atom. The van der Waals surface area contributed by atoms with Crippen molar-refractivity contribution in [1.82, 2.24) is 4.98 Å². The van der Waals surface area contributed by atoms with Gasteiger partial charge in [0.25, 0.3) is 0 Å². The zero-order valence-electron chi connectivity index (χ0n) is 8.01. The van der Waals surface area contributed by atoms with Crippen LogP contribution in [0.4, 0.5) is 11.5 Å². The van der Waals surface area contributed by atoms with Crippen LogP contribution in [0.3, 0.4) is 0 Å². The maximum atomic E-state index is 10.7. The molecule has 0 unspecified atom stereocenters. The molecule has 2 N–H and O–H groups in total. The second-order valence-electron chi connectivity index (χ2n) is 2.82. The summed E-state index contributed by atoms with van der Waals surface area (Å²) in [5.41, 5.74) is 6.05. The Labute approximate surface area is 85.6 Å². The first kappa shape index (κ1) is 10.8. The van der Waals surface area contributed by atoms with Gasteiger partial charge in [-0.25, -0.2) is 4.98 Å². The van der Waals surface area contributed by atoms with Gasteiger partial charge < -0.3 is 5.73 Å². The third kappa shape index (κ3) is 2.16. The average molecular weight is 207 g/mol. The number of nitrogens with two attached hydrogens (primary N) is 1. The number of nitrogens with zero attached hydrogens (tertiary/aromatic N) is 2. The van der Waals surface area contributed by atoms with Gasteiger partial charge in [-0.1, -0.05) is 0 Å². The van der Waals surface area contributed by atoms with Crippen molar-refractivity contribution >= 4 is 23.9 Å². The second-order valence-corrected chi connectivity index (χ2v) is 2.82. The Hall–Kier alpha value is -2.24. The average Bonchev–Trinajstić information content (AvgIpc) is 2.16. The Kier molecular flexibility index (Phi) is 3.12. The summed E-state index contributed by atoms with van der Waals surface area (Å²) in [6.45, 7) is 1.56. The molecule has 0 atom stereocenters. The van der Waals surface area contributed by atoms with Gasteiger partial charge in [0.2, 0.25) is 5.82 Å². The fourth-order valence-electron chi connectivity index (χ4n) is 1.17. The van der Waals surface area contributed by atoms with E-state index in [0.29, 0.717) is 17.4 Å². The van der Waals surface area contributed by atoms with Crippen LogP contribution in [0, 0.1) is 17.0 Å². The van der Waals surface area contributed by atoms with Crippen molar-refractivity contribution in [2.24, 2.45) is 0 Å². The highest BCUT2D eigenvalue weighted by atomic mass is 16.6. The fourth-order valence-corrected chi connectivity index (χ4v) is 1.17. The quantitative estimate of drug-likeness (QED) is 0.346. The summed E-state index contributed by atoms with van der Waals surface area (Å²) < 4.78 is 0. The number of nitrogen functional groups attached to an aromatic ring is 1. The Morgan fingerprint density at radius 1 is 1.60 bits per heavy atom. The summed E-state index contributed by atoms with van der Waals surface area (Å²) in [5.74, 6) is -0.124. The molecule has 0 amide bonds. The van der Waals surface area contributed by atoms with Gasteiger partial charge in [0.05, 0.1) is 4.92 Å². The van der Waals surface area contributed by atoms with E-state index in [1.165, 1.54) is 18.3 Å². The number of hydrogen-bond donors (Lipinski definition) is 1. The van der Waals surface area contributed by atoms with Crippen LogP contribution in [0.1, 0.15) is 11.1 Å². The minimum Gasteiger partial charge on any atom is -0.378 e. The van der Waals surface area contributed by atoms with Crippen LogP contribution in [0.15, 0.2) is 12.3 Å². The highest BCUT2D eigenvalue weighted by Crippen LogP contribution is 2.26. The maximum absolute atomic E-state index is 10.7. The zero-order chi connectivity index (χ0) is 11.4. The summed E-state index contributed by atoms with van der Waals surface area (Å²) in [7, 11) is 0. The van der Waals surface area contributed by atoms with Crippen LogP contribution in [0.5, 0.6) is 0 Å². The SMILES string of the molecule is Cc1c(C=CC=O)cnc(N)c1[N+](=O)[O-]. The van der Waals surface area contributed by atoms with Gasteiger partial charge in [-0.2, -0.15) is 0 Å². The molecular formula is C9H9N3O3. The molecule has 0 aromatic carbocycles. The number of nitro groups is 1. The highest BCUT2D eigenvalue weighted by molar-refractivity contribution is 5.76. The number of pyridine rings is 1. The second kappa shape index (κ2) is 4.32. The van der Waals surface area contributed by atoms with Crippen molar-refractivity contribution in [3.63, 3.8) is 0 Å². The minimum absolute atomic E-state index is 0.124. The van der Waals surface area contributed by atoms with Crippen LogP contribution < -0.4 is 5.73 Å². The Bertz CT molecular complexity index is 440. The van der Waals surface area contributed by atoms with E-state index in [9.17, 15) is 14.9 Å². The molecule has 0 saturated heterocycles. The van der Waals surface area contributed by atoms with Crippen molar-refractivity contribution in [3.8, 4) is 0 Å². The number of carbonyl (C=O) groups excluding carboxylic acids is 1. The number of carbonyl (C=O) groups is 1. The Morgan fingerprint density at radius 3 is 2.80 bits per heavy atom. The summed E-state index contributed by atoms with van der Waals surface area (Å²) >= 11 is 0. The first-order valence-electron chi connectivity index (χ1n) is 4.09. The van der Waals surface area contributed by atoms with Crippen LogP contribution in [-0.2, 0) is 4.79 Å². The van der Waals surface area contributed by atoms with Gasteiger partial charge in [0, 0.05) is 17.3 Å². The molecule has 0 aliphatic rings. The molecule has 1 heterocycles. The molecule has 0 saturated carbocycles. The number of aldehydes is 1. The smallest absolute Gasteiger partial charge is 0.314 e. The van der Waals surface area contributed by atoms with Gasteiger partial charge in [-0.3, -0.25) is 14.9 Å². The standard InChI is InChI=1S/C9H9N3O3/c1-6-7(3-2-4-13)5-11-9(10)8(6)12(14)15/h2-5H,1H3,(H2,10,11). The summed E-state index contributed by atoms with van der Waals surface area (Å²) in [6.07, 6.45) is 4.66. The van der Waals surface area contributed by atoms with Crippen molar-refractivity contribution in [2.45, 2.75) is 6.92 Å². The molecule has 15 heavy (non-hydrogen) atoms. The minimum atomic E-state index is -0.587. The van der Waals surface area contributed by atoms with Crippen LogP contribution in [0.25, 0.3) is 6.08 Å². The molecule has 0 aliphatic heterocycles. The molecule has 0 aliphatic carbocycles. The summed E-state index contributed by atoms with van der Waals surface area (Å²) in [5, 5.41) is 10.7. The van der Waals surface area contributed by atoms with Gasteiger partial charge in [0.1, 0.15) is 6.29 Å². The van der Waals surface area contributed by atoms with Crippen LogP contribution in [-0.4, -0.2) is 16.2 Å². The van der Waals surface area contributed by atoms with E-state index < -0.39 is 4.92 Å². The maximum Gasteiger partial charge on any atom is 0.314 e. The molecule has 78 valence electrons. The van der Waals surface area contributed by atoms with Crippen molar-refractivity contribution in [1.29, 1.82) is 0 Å². The van der Waals surface area contributed by atoms with Crippen molar-refractivity contribution < 1.29 is 9.72 Å². The van der Waals surface area contributed by atoms with E-state index >= 15 is 0 Å². The number of hydrogen-bond acceptors (Lipinski definition) is 5. The normalized spacial score (nSPS) is 10.5. The van der Waals surface area contributed by atoms with Crippen molar-refractivity contribution in [3.05, 3.63) is 33.5 Å². The number of aromatic nitrogens is 1. The molecule has 6 heteroatoms. The van der Waals surface area contributed by atoms with Gasteiger partial charge in [-0.15, -0.1) is 0 Å². The monoisotopic (exact) mass is 207 g/mol. The third-order valence-corrected chi connectivity index (χ3v) is 1.91. The first-order chi connectivity index (χ1) is 7.07. The zero-order valence-corrected chi connectivity index (χ0v) is 8.01. The lowest BCUT2D eigenvalue weighted by Crippen LogP contribution is -2.02. The predicted molar refractivity (Wildman–Crippen MR) is 55.1 cm³/mol. The van der Waals surface area contributed by atoms with E-state index in [-0.39, 0.29) is 11.5 Å². The molecule has 0 bridgehead atoms. The van der Waals surface area contributed by atoms with Gasteiger partial charge in [0.15, 0.2) is 0 Å². The molecule has 1 aromatic heterocycles. The van der Waals surface area contributed by atoms with E-state index in [1.54, 1.807) is 6.92 Å². The summed E-state index contributed by atoms with van der Waals surface area (Å²) in [6, 6.07) is 0. The molecule has 0 fully saturated rings. The highest BCUT2D eigenvalue weighted by Gasteiger charge is 2.18. The van der Waals surface area contributed by atoms with Crippen LogP contribution in [0.2, 0.25) is 0 Å². The van der Waals surface area contributed by atoms with E-state index in [1.807, 2.05) is 0 Å². The van der Waals surface area contributed by atoms with Gasteiger partial charge in [-0.05, 0) is 19.1 Å². The lowest BCUT2D eigenvalue weighted by molar-refractivity contribution is -0.384. The topological polar surface area (TPSA) is 99.1 Å². The molecule has 0 radical (unpaired) electrons. The van der Waals surface area contributed by atoms with E-state index in [0.717, 1.165) is 0 Å². The fraction of sp³-hybridized carbons (Fsp3) is 0.111. The Balaban J connectivity index is 3.34.